The van der Waals surface area contributed by atoms with Gasteiger partial charge >= 0.3 is 0 Å². The zero-order valence-electron chi connectivity index (χ0n) is 5.94. The first kappa shape index (κ1) is 15.7. The van der Waals surface area contributed by atoms with E-state index in [1.165, 1.54) is 0 Å². The topological polar surface area (TPSA) is 9.23 Å². The van der Waals surface area contributed by atoms with E-state index in [-0.39, 0.29) is 0 Å². The second-order valence-electron chi connectivity index (χ2n) is 0.577. The van der Waals surface area contributed by atoms with E-state index in [2.05, 4.69) is 31.1 Å². The minimum Gasteiger partial charge on any atom is -0.385 e. The van der Waals surface area contributed by atoms with Crippen LogP contribution in [0.5, 0.6) is 0 Å². The van der Waals surface area contributed by atoms with Gasteiger partial charge in [0.15, 0.2) is 0 Å². The van der Waals surface area contributed by atoms with Gasteiger partial charge in [-0.15, -0.1) is 26.3 Å². The maximum atomic E-state index is 4.54. The Balaban J connectivity index is -0.0000000542. The molecule has 0 aromatic carbocycles. The van der Waals surface area contributed by atoms with Crippen LogP contribution in [0.15, 0.2) is 26.3 Å². The largest absolute Gasteiger partial charge is 0.385 e. The van der Waals surface area contributed by atoms with Crippen LogP contribution in [-0.2, 0) is 4.74 Å². The Bertz CT molecular complexity index is 16.3. The van der Waals surface area contributed by atoms with Crippen LogP contribution in [0.3, 0.4) is 0 Å². The van der Waals surface area contributed by atoms with Crippen LogP contribution in [0.4, 0.5) is 0 Å². The molecule has 0 spiro atoms. The molecule has 0 unspecified atom stereocenters. The van der Waals surface area contributed by atoms with Crippen LogP contribution in [0.2, 0.25) is 0 Å². The molecule has 0 heterocycles. The van der Waals surface area contributed by atoms with Gasteiger partial charge in [-0.1, -0.05) is 0 Å². The monoisotopic (exact) mass is 116 g/mol. The summed E-state index contributed by atoms with van der Waals surface area (Å²) in [6.45, 7) is 14.8. The van der Waals surface area contributed by atoms with E-state index >= 15 is 0 Å². The Kier molecular flexibility index (Phi) is 180. The highest BCUT2D eigenvalue weighted by molar-refractivity contribution is 4.22. The summed E-state index contributed by atoms with van der Waals surface area (Å²) >= 11 is 0. The molecule has 0 aliphatic rings. The van der Waals surface area contributed by atoms with Crippen molar-refractivity contribution >= 4 is 0 Å². The van der Waals surface area contributed by atoms with Gasteiger partial charge in [0.2, 0.25) is 0 Å². The first-order valence-electron chi connectivity index (χ1n) is 2.40. The van der Waals surface area contributed by atoms with Crippen molar-refractivity contribution in [3.05, 3.63) is 26.3 Å². The molecule has 0 aliphatic heterocycles. The molecule has 0 bridgehead atoms. The number of hydrogen-bond acceptors (Lipinski definition) is 1. The summed E-state index contributed by atoms with van der Waals surface area (Å²) in [7, 11) is 1.68. The van der Waals surface area contributed by atoms with Gasteiger partial charge in [0, 0.05) is 13.7 Å². The van der Waals surface area contributed by atoms with Gasteiger partial charge in [0.25, 0.3) is 0 Å². The minimum absolute atomic E-state index is 0.819. The lowest BCUT2D eigenvalue weighted by atomic mass is 10.9. The second kappa shape index (κ2) is 91.9. The quantitative estimate of drug-likeness (QED) is 0.477. The van der Waals surface area contributed by atoms with E-state index in [0.717, 1.165) is 6.61 Å². The highest BCUT2D eigenvalue weighted by Gasteiger charge is 1.51. The Morgan fingerprint density at radius 2 is 1.25 bits per heavy atom. The van der Waals surface area contributed by atoms with E-state index in [4.69, 9.17) is 0 Å². The average molecular weight is 116 g/mol. The van der Waals surface area contributed by atoms with Gasteiger partial charge in [0.1, 0.15) is 0 Å². The van der Waals surface area contributed by atoms with Crippen LogP contribution in [-0.4, -0.2) is 13.7 Å². The summed E-state index contributed by atoms with van der Waals surface area (Å²) in [5.74, 6) is 0. The SMILES string of the molecule is C=C.C=C.CCOC. The summed E-state index contributed by atoms with van der Waals surface area (Å²) in [6.07, 6.45) is 0. The van der Waals surface area contributed by atoms with Crippen LogP contribution in [0.1, 0.15) is 6.92 Å². The van der Waals surface area contributed by atoms with Gasteiger partial charge in [-0.2, -0.15) is 0 Å². The smallest absolute Gasteiger partial charge is 0.0433 e. The molecule has 0 fully saturated rings. The van der Waals surface area contributed by atoms with E-state index in [9.17, 15) is 0 Å². The zero-order valence-corrected chi connectivity index (χ0v) is 5.94. The lowest BCUT2D eigenvalue weighted by Crippen LogP contribution is -1.73. The van der Waals surface area contributed by atoms with Crippen molar-refractivity contribution in [2.24, 2.45) is 0 Å². The first-order valence-corrected chi connectivity index (χ1v) is 2.40. The van der Waals surface area contributed by atoms with E-state index in [1.807, 2.05) is 6.92 Å². The third kappa shape index (κ3) is 554. The van der Waals surface area contributed by atoms with E-state index < -0.39 is 0 Å². The molecule has 1 nitrogen and oxygen atoms in total. The maximum Gasteiger partial charge on any atom is 0.0433 e. The summed E-state index contributed by atoms with van der Waals surface area (Å²) < 4.78 is 4.54. The average Bonchev–Trinajstić information content (AvgIpc) is 1.96. The van der Waals surface area contributed by atoms with Gasteiger partial charge in [-0.3, -0.25) is 0 Å². The Labute approximate surface area is 52.7 Å². The molecule has 0 N–H and O–H groups in total. The molecular formula is C7H16O. The molecule has 0 rings (SSSR count). The molecule has 0 amide bonds. The number of methoxy groups -OCH3 is 1. The van der Waals surface area contributed by atoms with Crippen molar-refractivity contribution in [2.75, 3.05) is 13.7 Å². The van der Waals surface area contributed by atoms with Crippen molar-refractivity contribution in [3.8, 4) is 0 Å². The molecule has 1 heteroatoms. The second-order valence-corrected chi connectivity index (χ2v) is 0.577. The Hall–Kier alpha value is -0.560. The van der Waals surface area contributed by atoms with E-state index in [1.54, 1.807) is 7.11 Å². The molecule has 0 aliphatic carbocycles. The fraction of sp³-hybridized carbons (Fsp3) is 0.429. The third-order valence-corrected chi connectivity index (χ3v) is 0.289. The van der Waals surface area contributed by atoms with Crippen molar-refractivity contribution in [2.45, 2.75) is 6.92 Å². The summed E-state index contributed by atoms with van der Waals surface area (Å²) in [5, 5.41) is 0. The fourth-order valence-electron chi connectivity index (χ4n) is 0. The van der Waals surface area contributed by atoms with Crippen molar-refractivity contribution < 1.29 is 4.74 Å². The van der Waals surface area contributed by atoms with E-state index in [0.29, 0.717) is 0 Å². The molecular weight excluding hydrogens is 100 g/mol. The van der Waals surface area contributed by atoms with Crippen LogP contribution in [0, 0.1) is 0 Å². The number of rotatable bonds is 1. The summed E-state index contributed by atoms with van der Waals surface area (Å²) in [6, 6.07) is 0. The number of hydrogen-bond donors (Lipinski definition) is 0. The lowest BCUT2D eigenvalue weighted by molar-refractivity contribution is 0.215. The highest BCUT2D eigenvalue weighted by Crippen LogP contribution is 1.52. The molecule has 0 saturated carbocycles. The van der Waals surface area contributed by atoms with Gasteiger partial charge in [-0.05, 0) is 6.92 Å². The minimum atomic E-state index is 0.819. The number of ether oxygens (including phenoxy) is 1. The summed E-state index contributed by atoms with van der Waals surface area (Å²) in [4.78, 5) is 0. The first-order chi connectivity index (χ1) is 3.91. The highest BCUT2D eigenvalue weighted by atomic mass is 16.5. The van der Waals surface area contributed by atoms with Crippen molar-refractivity contribution in [1.29, 1.82) is 0 Å². The molecule has 50 valence electrons. The van der Waals surface area contributed by atoms with Gasteiger partial charge in [0.05, 0.1) is 0 Å². The van der Waals surface area contributed by atoms with Crippen LogP contribution < -0.4 is 0 Å². The van der Waals surface area contributed by atoms with Gasteiger partial charge < -0.3 is 4.74 Å². The van der Waals surface area contributed by atoms with Crippen LogP contribution in [0.25, 0.3) is 0 Å². The molecule has 8 heavy (non-hydrogen) atoms. The zero-order chi connectivity index (χ0) is 7.41. The molecule has 0 radical (unpaired) electrons. The lowest BCUT2D eigenvalue weighted by Gasteiger charge is -1.76. The molecule has 0 saturated heterocycles. The predicted octanol–water partition coefficient (Wildman–Crippen LogP) is 2.26. The molecule has 0 atom stereocenters. The normalized spacial score (nSPS) is 4.75. The van der Waals surface area contributed by atoms with Gasteiger partial charge in [-0.25, -0.2) is 0 Å². The molecule has 0 aromatic heterocycles. The molecule has 0 aromatic rings. The Morgan fingerprint density at radius 1 is 1.12 bits per heavy atom. The maximum absolute atomic E-state index is 4.54. The third-order valence-electron chi connectivity index (χ3n) is 0.289. The Morgan fingerprint density at radius 3 is 1.25 bits per heavy atom. The van der Waals surface area contributed by atoms with Crippen molar-refractivity contribution in [3.63, 3.8) is 0 Å². The fourth-order valence-corrected chi connectivity index (χ4v) is 0. The predicted molar refractivity (Wildman–Crippen MR) is 40.1 cm³/mol. The van der Waals surface area contributed by atoms with Crippen molar-refractivity contribution in [1.82, 2.24) is 0 Å². The van der Waals surface area contributed by atoms with Crippen LogP contribution >= 0.6 is 0 Å². The summed E-state index contributed by atoms with van der Waals surface area (Å²) in [5.41, 5.74) is 0. The standard InChI is InChI=1S/C3H8O.2C2H4/c1-3-4-2;2*1-2/h3H2,1-2H3;2*1-2H2.